The van der Waals surface area contributed by atoms with Gasteiger partial charge in [0.25, 0.3) is 5.69 Å². The molecule has 1 heterocycles. The zero-order valence-electron chi connectivity index (χ0n) is 9.29. The van der Waals surface area contributed by atoms with Crippen molar-refractivity contribution in [3.63, 3.8) is 0 Å². The average molecular weight is 290 g/mol. The first-order valence-corrected chi connectivity index (χ1v) is 6.19. The number of nitrogens with one attached hydrogen (secondary N) is 2. The molecule has 0 saturated carbocycles. The predicted octanol–water partition coefficient (Wildman–Crippen LogP) is 1.62. The van der Waals surface area contributed by atoms with Crippen LogP contribution in [0.5, 0.6) is 0 Å². The summed E-state index contributed by atoms with van der Waals surface area (Å²) < 4.78 is 0. The number of benzene rings is 1. The van der Waals surface area contributed by atoms with Crippen molar-refractivity contribution < 1.29 is 9.72 Å². The summed E-state index contributed by atoms with van der Waals surface area (Å²) in [6.45, 7) is 0. The highest BCUT2D eigenvalue weighted by Gasteiger charge is 2.22. The number of nitro groups is 1. The second-order valence-electron chi connectivity index (χ2n) is 3.57. The lowest BCUT2D eigenvalue weighted by Gasteiger charge is -2.10. The molecule has 18 heavy (non-hydrogen) atoms. The molecule has 1 aliphatic heterocycles. The summed E-state index contributed by atoms with van der Waals surface area (Å²) >= 11 is 1.65. The van der Waals surface area contributed by atoms with Crippen LogP contribution < -0.4 is 10.6 Å². The summed E-state index contributed by atoms with van der Waals surface area (Å²) in [7, 11) is 0. The molecular weight excluding hydrogens is 278 g/mol. The monoisotopic (exact) mass is 289 g/mol. The van der Waals surface area contributed by atoms with E-state index in [1.165, 1.54) is 12.1 Å². The molecule has 1 aromatic carbocycles. The Bertz CT molecular complexity index is 452. The van der Waals surface area contributed by atoms with Gasteiger partial charge >= 0.3 is 0 Å². The third-order valence-corrected chi connectivity index (χ3v) is 3.30. The maximum absolute atomic E-state index is 11.7. The number of hydrogen-bond donors (Lipinski definition) is 2. The minimum absolute atomic E-state index is 0. The average Bonchev–Trinajstić information content (AvgIpc) is 2.82. The molecule has 8 heteroatoms. The number of carbonyl (C=O) groups excluding carboxylic acids is 1. The van der Waals surface area contributed by atoms with Crippen LogP contribution in [-0.2, 0) is 4.79 Å². The van der Waals surface area contributed by atoms with E-state index in [2.05, 4.69) is 10.6 Å². The fourth-order valence-corrected chi connectivity index (χ4v) is 2.43. The zero-order valence-corrected chi connectivity index (χ0v) is 10.9. The lowest BCUT2D eigenvalue weighted by Crippen LogP contribution is -2.37. The van der Waals surface area contributed by atoms with Crippen LogP contribution in [0.4, 0.5) is 11.4 Å². The van der Waals surface area contributed by atoms with Crippen LogP contribution in [-0.4, -0.2) is 28.5 Å². The van der Waals surface area contributed by atoms with Crippen molar-refractivity contribution in [1.29, 1.82) is 0 Å². The number of anilines is 1. The molecule has 0 aromatic heterocycles. The Morgan fingerprint density at radius 3 is 2.94 bits per heavy atom. The molecule has 2 N–H and O–H groups in total. The topological polar surface area (TPSA) is 84.3 Å². The second kappa shape index (κ2) is 6.58. The standard InChI is InChI=1S/C10H11N3O3S.ClH/c14-10(9-5-17-6-11-9)12-7-2-1-3-8(4-7)13(15)16;/h1-4,9,11H,5-6H2,(H,12,14);1H. The number of nitrogens with zero attached hydrogens (tertiary/aromatic N) is 1. The van der Waals surface area contributed by atoms with Crippen LogP contribution in [0.2, 0.25) is 0 Å². The molecular formula is C10H12ClN3O3S. The fourth-order valence-electron chi connectivity index (χ4n) is 1.49. The van der Waals surface area contributed by atoms with Crippen molar-refractivity contribution in [1.82, 2.24) is 5.32 Å². The number of rotatable bonds is 3. The first-order valence-electron chi connectivity index (χ1n) is 5.03. The Balaban J connectivity index is 0.00000162. The van der Waals surface area contributed by atoms with Gasteiger partial charge in [-0.2, -0.15) is 0 Å². The second-order valence-corrected chi connectivity index (χ2v) is 4.60. The Morgan fingerprint density at radius 2 is 2.33 bits per heavy atom. The summed E-state index contributed by atoms with van der Waals surface area (Å²) in [5.41, 5.74) is 0.416. The van der Waals surface area contributed by atoms with Gasteiger partial charge in [0.2, 0.25) is 5.91 Å². The van der Waals surface area contributed by atoms with Crippen molar-refractivity contribution in [2.75, 3.05) is 16.9 Å². The molecule has 1 fully saturated rings. The number of amides is 1. The highest BCUT2D eigenvalue weighted by atomic mass is 35.5. The van der Waals surface area contributed by atoms with E-state index in [0.29, 0.717) is 5.69 Å². The van der Waals surface area contributed by atoms with E-state index in [9.17, 15) is 14.9 Å². The van der Waals surface area contributed by atoms with Gasteiger partial charge in [-0.1, -0.05) is 6.07 Å². The molecule has 0 spiro atoms. The van der Waals surface area contributed by atoms with Crippen molar-refractivity contribution in [2.24, 2.45) is 0 Å². The minimum Gasteiger partial charge on any atom is -0.324 e. The molecule has 0 bridgehead atoms. The van der Waals surface area contributed by atoms with Gasteiger partial charge in [-0.25, -0.2) is 0 Å². The van der Waals surface area contributed by atoms with E-state index < -0.39 is 4.92 Å². The summed E-state index contributed by atoms with van der Waals surface area (Å²) in [6.07, 6.45) is 0. The number of nitro benzene ring substituents is 1. The lowest BCUT2D eigenvalue weighted by atomic mass is 10.2. The Hall–Kier alpha value is -1.31. The number of halogens is 1. The molecule has 2 rings (SSSR count). The van der Waals surface area contributed by atoms with E-state index in [4.69, 9.17) is 0 Å². The van der Waals surface area contributed by atoms with Gasteiger partial charge in [0.15, 0.2) is 0 Å². The molecule has 1 aliphatic rings. The van der Waals surface area contributed by atoms with Gasteiger partial charge in [0.1, 0.15) is 0 Å². The predicted molar refractivity (Wildman–Crippen MR) is 73.2 cm³/mol. The van der Waals surface area contributed by atoms with Gasteiger partial charge in [-0.15, -0.1) is 24.2 Å². The molecule has 1 aromatic rings. The number of carbonyl (C=O) groups is 1. The number of hydrogen-bond acceptors (Lipinski definition) is 5. The lowest BCUT2D eigenvalue weighted by molar-refractivity contribution is -0.384. The molecule has 0 aliphatic carbocycles. The van der Waals surface area contributed by atoms with Crippen molar-refractivity contribution >= 4 is 41.5 Å². The summed E-state index contributed by atoms with van der Waals surface area (Å²) in [6, 6.07) is 5.69. The van der Waals surface area contributed by atoms with E-state index in [1.807, 2.05) is 0 Å². The Kier molecular flexibility index (Phi) is 5.39. The van der Waals surface area contributed by atoms with Crippen LogP contribution in [0, 0.1) is 10.1 Å². The molecule has 1 atom stereocenters. The van der Waals surface area contributed by atoms with Gasteiger partial charge in [-0.3, -0.25) is 20.2 Å². The molecule has 98 valence electrons. The third-order valence-electron chi connectivity index (χ3n) is 2.36. The first-order chi connectivity index (χ1) is 8.16. The van der Waals surface area contributed by atoms with E-state index >= 15 is 0 Å². The van der Waals surface area contributed by atoms with Crippen LogP contribution in [0.1, 0.15) is 0 Å². The molecule has 1 amide bonds. The third kappa shape index (κ3) is 3.59. The smallest absolute Gasteiger partial charge is 0.271 e. The van der Waals surface area contributed by atoms with Crippen molar-refractivity contribution in [2.45, 2.75) is 6.04 Å². The van der Waals surface area contributed by atoms with Crippen LogP contribution >= 0.6 is 24.2 Å². The van der Waals surface area contributed by atoms with Crippen LogP contribution in [0.25, 0.3) is 0 Å². The Labute approximate surface area is 114 Å². The van der Waals surface area contributed by atoms with Gasteiger partial charge in [0, 0.05) is 29.4 Å². The number of thioether (sulfide) groups is 1. The quantitative estimate of drug-likeness (QED) is 0.652. The minimum atomic E-state index is -0.487. The molecule has 1 saturated heterocycles. The largest absolute Gasteiger partial charge is 0.324 e. The molecule has 0 radical (unpaired) electrons. The van der Waals surface area contributed by atoms with Gasteiger partial charge in [-0.05, 0) is 6.07 Å². The Morgan fingerprint density at radius 1 is 1.56 bits per heavy atom. The zero-order chi connectivity index (χ0) is 12.3. The molecule has 1 unspecified atom stereocenters. The maximum atomic E-state index is 11.7. The van der Waals surface area contributed by atoms with Crippen molar-refractivity contribution in [3.8, 4) is 0 Å². The van der Waals surface area contributed by atoms with Crippen molar-refractivity contribution in [3.05, 3.63) is 34.4 Å². The van der Waals surface area contributed by atoms with Gasteiger partial charge < -0.3 is 5.32 Å². The number of non-ortho nitro benzene ring substituents is 1. The van der Waals surface area contributed by atoms with E-state index in [1.54, 1.807) is 23.9 Å². The maximum Gasteiger partial charge on any atom is 0.271 e. The fraction of sp³-hybridized carbons (Fsp3) is 0.300. The van der Waals surface area contributed by atoms with Gasteiger partial charge in [0.05, 0.1) is 11.0 Å². The summed E-state index contributed by atoms with van der Waals surface area (Å²) in [5, 5.41) is 16.3. The highest BCUT2D eigenvalue weighted by Crippen LogP contribution is 2.18. The summed E-state index contributed by atoms with van der Waals surface area (Å²) in [4.78, 5) is 21.8. The summed E-state index contributed by atoms with van der Waals surface area (Å²) in [5.74, 6) is 1.32. The molecule has 6 nitrogen and oxygen atoms in total. The van der Waals surface area contributed by atoms with Crippen LogP contribution in [0.3, 0.4) is 0 Å². The van der Waals surface area contributed by atoms with Crippen LogP contribution in [0.15, 0.2) is 24.3 Å². The van der Waals surface area contributed by atoms with E-state index in [0.717, 1.165) is 11.6 Å². The van der Waals surface area contributed by atoms with E-state index in [-0.39, 0.29) is 30.0 Å². The first kappa shape index (κ1) is 14.7. The SMILES string of the molecule is Cl.O=C(Nc1cccc([N+](=O)[O-])c1)C1CSCN1. The highest BCUT2D eigenvalue weighted by molar-refractivity contribution is 7.99. The normalized spacial score (nSPS) is 17.9.